The summed E-state index contributed by atoms with van der Waals surface area (Å²) in [6, 6.07) is 30.5. The quantitative estimate of drug-likeness (QED) is 0.332. The molecule has 31 heavy (non-hydrogen) atoms. The lowest BCUT2D eigenvalue weighted by Crippen LogP contribution is -2.09. The molecule has 152 valence electrons. The van der Waals surface area contributed by atoms with Gasteiger partial charge in [-0.15, -0.1) is 0 Å². The number of carbonyl (C=O) groups excluding carboxylic acids is 1. The van der Waals surface area contributed by atoms with Crippen LogP contribution in [0.3, 0.4) is 0 Å². The predicted molar refractivity (Wildman–Crippen MR) is 124 cm³/mol. The van der Waals surface area contributed by atoms with Gasteiger partial charge >= 0.3 is 5.97 Å². The maximum atomic E-state index is 12.8. The van der Waals surface area contributed by atoms with Crippen molar-refractivity contribution in [2.75, 3.05) is 6.61 Å². The van der Waals surface area contributed by atoms with Gasteiger partial charge in [-0.3, -0.25) is 0 Å². The standard InChI is InChI=1S/C27H22N2O2/c1-2-31-27(30)26-22(20-13-7-4-8-14-20)17-24-25(28-26)21-15-9-10-16-23(21)29(24)18-19-11-5-3-6-12-19/h3-17H,2,18H2,1H3. The van der Waals surface area contributed by atoms with Crippen molar-refractivity contribution in [3.63, 3.8) is 0 Å². The smallest absolute Gasteiger partial charge is 0.357 e. The Labute approximate surface area is 180 Å². The summed E-state index contributed by atoms with van der Waals surface area (Å²) >= 11 is 0. The number of rotatable bonds is 5. The van der Waals surface area contributed by atoms with Crippen LogP contribution in [-0.4, -0.2) is 22.1 Å². The molecule has 0 aliphatic carbocycles. The van der Waals surface area contributed by atoms with E-state index in [-0.39, 0.29) is 0 Å². The highest BCUT2D eigenvalue weighted by Crippen LogP contribution is 2.33. The Balaban J connectivity index is 1.81. The van der Waals surface area contributed by atoms with Gasteiger partial charge in [-0.25, -0.2) is 9.78 Å². The molecule has 0 fully saturated rings. The van der Waals surface area contributed by atoms with Crippen LogP contribution in [0.1, 0.15) is 23.0 Å². The maximum absolute atomic E-state index is 12.8. The number of hydrogen-bond acceptors (Lipinski definition) is 3. The van der Waals surface area contributed by atoms with E-state index < -0.39 is 5.97 Å². The molecule has 0 aliphatic heterocycles. The second kappa shape index (κ2) is 8.07. The molecule has 0 saturated heterocycles. The molecule has 3 aromatic carbocycles. The Kier molecular flexibility index (Phi) is 4.97. The van der Waals surface area contributed by atoms with Gasteiger partial charge in [0.05, 0.1) is 23.2 Å². The fraction of sp³-hybridized carbons (Fsp3) is 0.111. The van der Waals surface area contributed by atoms with Crippen molar-refractivity contribution in [1.82, 2.24) is 9.55 Å². The number of esters is 1. The third-order valence-corrected chi connectivity index (χ3v) is 5.48. The minimum Gasteiger partial charge on any atom is -0.461 e. The highest BCUT2D eigenvalue weighted by molar-refractivity contribution is 6.09. The van der Waals surface area contributed by atoms with Gasteiger partial charge in [0, 0.05) is 17.5 Å². The third-order valence-electron chi connectivity index (χ3n) is 5.48. The van der Waals surface area contributed by atoms with Crippen LogP contribution < -0.4 is 0 Å². The highest BCUT2D eigenvalue weighted by Gasteiger charge is 2.21. The van der Waals surface area contributed by atoms with E-state index in [9.17, 15) is 4.79 Å². The first kappa shape index (κ1) is 19.1. The molecule has 5 rings (SSSR count). The summed E-state index contributed by atoms with van der Waals surface area (Å²) in [6.07, 6.45) is 0. The summed E-state index contributed by atoms with van der Waals surface area (Å²) in [5, 5.41) is 1.03. The second-order valence-corrected chi connectivity index (χ2v) is 7.43. The van der Waals surface area contributed by atoms with E-state index in [0.29, 0.717) is 12.3 Å². The molecule has 0 unspecified atom stereocenters. The van der Waals surface area contributed by atoms with Gasteiger partial charge in [0.1, 0.15) is 0 Å². The fourth-order valence-corrected chi connectivity index (χ4v) is 4.07. The number of hydrogen-bond donors (Lipinski definition) is 0. The molecule has 0 amide bonds. The van der Waals surface area contributed by atoms with Crippen LogP contribution in [0.15, 0.2) is 91.0 Å². The lowest BCUT2D eigenvalue weighted by atomic mass is 10.0. The van der Waals surface area contributed by atoms with Crippen molar-refractivity contribution >= 4 is 27.9 Å². The minimum atomic E-state index is -0.400. The monoisotopic (exact) mass is 406 g/mol. The molecule has 4 heteroatoms. The van der Waals surface area contributed by atoms with E-state index in [0.717, 1.165) is 39.6 Å². The SMILES string of the molecule is CCOC(=O)c1nc2c3ccccc3n(Cc3ccccc3)c2cc1-c1ccccc1. The highest BCUT2D eigenvalue weighted by atomic mass is 16.5. The molecular formula is C27H22N2O2. The van der Waals surface area contributed by atoms with Crippen LogP contribution in [0, 0.1) is 0 Å². The van der Waals surface area contributed by atoms with E-state index in [2.05, 4.69) is 47.0 Å². The largest absolute Gasteiger partial charge is 0.461 e. The van der Waals surface area contributed by atoms with Crippen LogP contribution in [-0.2, 0) is 11.3 Å². The normalized spacial score (nSPS) is 11.1. The van der Waals surface area contributed by atoms with Crippen LogP contribution in [0.2, 0.25) is 0 Å². The van der Waals surface area contributed by atoms with Gasteiger partial charge in [-0.05, 0) is 30.2 Å². The Hall–Kier alpha value is -3.92. The topological polar surface area (TPSA) is 44.1 Å². The number of pyridine rings is 1. The summed E-state index contributed by atoms with van der Waals surface area (Å²) in [6.45, 7) is 2.84. The summed E-state index contributed by atoms with van der Waals surface area (Å²) in [5.74, 6) is -0.400. The van der Waals surface area contributed by atoms with E-state index in [1.807, 2.05) is 55.5 Å². The maximum Gasteiger partial charge on any atom is 0.357 e. The van der Waals surface area contributed by atoms with Crippen LogP contribution >= 0.6 is 0 Å². The number of benzene rings is 3. The van der Waals surface area contributed by atoms with Gasteiger partial charge in [0.2, 0.25) is 0 Å². The zero-order valence-corrected chi connectivity index (χ0v) is 17.3. The number of para-hydroxylation sites is 1. The second-order valence-electron chi connectivity index (χ2n) is 7.43. The van der Waals surface area contributed by atoms with Crippen LogP contribution in [0.4, 0.5) is 0 Å². The molecule has 0 N–H and O–H groups in total. The van der Waals surface area contributed by atoms with Crippen LogP contribution in [0.5, 0.6) is 0 Å². The van der Waals surface area contributed by atoms with Gasteiger partial charge in [-0.1, -0.05) is 78.9 Å². The molecule has 2 heterocycles. The van der Waals surface area contributed by atoms with E-state index >= 15 is 0 Å². The molecule has 4 nitrogen and oxygen atoms in total. The Morgan fingerprint density at radius 2 is 1.55 bits per heavy atom. The number of fused-ring (bicyclic) bond motifs is 3. The summed E-state index contributed by atoms with van der Waals surface area (Å²) in [4.78, 5) is 17.7. The summed E-state index contributed by atoms with van der Waals surface area (Å²) in [5.41, 5.74) is 6.18. The van der Waals surface area contributed by atoms with E-state index in [1.54, 1.807) is 0 Å². The molecule has 0 spiro atoms. The van der Waals surface area contributed by atoms with Gasteiger partial charge < -0.3 is 9.30 Å². The first-order valence-corrected chi connectivity index (χ1v) is 10.4. The van der Waals surface area contributed by atoms with E-state index in [4.69, 9.17) is 9.72 Å². The molecule has 5 aromatic rings. The molecule has 0 saturated carbocycles. The van der Waals surface area contributed by atoms with Crippen molar-refractivity contribution in [2.24, 2.45) is 0 Å². The van der Waals surface area contributed by atoms with E-state index in [1.165, 1.54) is 5.56 Å². The predicted octanol–water partition coefficient (Wildman–Crippen LogP) is 6.08. The molecule has 0 bridgehead atoms. The lowest BCUT2D eigenvalue weighted by molar-refractivity contribution is 0.0521. The molecule has 0 atom stereocenters. The van der Waals surface area contributed by atoms with Gasteiger partial charge in [0.25, 0.3) is 0 Å². The third kappa shape index (κ3) is 3.46. The van der Waals surface area contributed by atoms with Crippen molar-refractivity contribution in [3.8, 4) is 11.1 Å². The molecule has 0 aliphatic rings. The van der Waals surface area contributed by atoms with Crippen molar-refractivity contribution in [1.29, 1.82) is 0 Å². The minimum absolute atomic E-state index is 0.308. The number of aromatic nitrogens is 2. The zero-order chi connectivity index (χ0) is 21.2. The Morgan fingerprint density at radius 1 is 0.871 bits per heavy atom. The first-order valence-electron chi connectivity index (χ1n) is 10.4. The van der Waals surface area contributed by atoms with Crippen molar-refractivity contribution < 1.29 is 9.53 Å². The zero-order valence-electron chi connectivity index (χ0n) is 17.3. The summed E-state index contributed by atoms with van der Waals surface area (Å²) < 4.78 is 7.62. The number of ether oxygens (including phenoxy) is 1. The first-order chi connectivity index (χ1) is 15.3. The number of carbonyl (C=O) groups is 1. The lowest BCUT2D eigenvalue weighted by Gasteiger charge is -2.11. The average Bonchev–Trinajstić information content (AvgIpc) is 3.12. The molecule has 2 aromatic heterocycles. The Morgan fingerprint density at radius 3 is 2.29 bits per heavy atom. The fourth-order valence-electron chi connectivity index (χ4n) is 4.07. The molecule has 0 radical (unpaired) electrons. The van der Waals surface area contributed by atoms with Gasteiger partial charge in [-0.2, -0.15) is 0 Å². The number of nitrogens with zero attached hydrogens (tertiary/aromatic N) is 2. The Bertz CT molecular complexity index is 1370. The average molecular weight is 406 g/mol. The van der Waals surface area contributed by atoms with Gasteiger partial charge in [0.15, 0.2) is 5.69 Å². The van der Waals surface area contributed by atoms with Crippen molar-refractivity contribution in [3.05, 3.63) is 102 Å². The van der Waals surface area contributed by atoms with Crippen molar-refractivity contribution in [2.45, 2.75) is 13.5 Å². The van der Waals surface area contributed by atoms with Crippen LogP contribution in [0.25, 0.3) is 33.1 Å². The molecular weight excluding hydrogens is 384 g/mol. The summed E-state index contributed by atoms with van der Waals surface area (Å²) in [7, 11) is 0.